The van der Waals surface area contributed by atoms with E-state index in [4.69, 9.17) is 0 Å². The van der Waals surface area contributed by atoms with Crippen molar-refractivity contribution in [2.75, 3.05) is 12.9 Å². The van der Waals surface area contributed by atoms with Gasteiger partial charge in [-0.3, -0.25) is 4.79 Å². The van der Waals surface area contributed by atoms with Gasteiger partial charge in [-0.05, 0) is 25.2 Å². The standard InChI is InChI=1S/C11H21NO4S/c1-9-5-3-6-10(9)12-17(14,15)8-4-7-11(13)16-2/h9-10,12H,3-8H2,1-2H3. The number of rotatable bonds is 6. The molecule has 1 rings (SSSR count). The number of ether oxygens (including phenoxy) is 1. The van der Waals surface area contributed by atoms with Crippen molar-refractivity contribution in [3.05, 3.63) is 0 Å². The molecule has 0 radical (unpaired) electrons. The van der Waals surface area contributed by atoms with Crippen LogP contribution in [0.5, 0.6) is 0 Å². The second kappa shape index (κ2) is 6.35. The highest BCUT2D eigenvalue weighted by molar-refractivity contribution is 7.89. The minimum absolute atomic E-state index is 0.00861. The zero-order valence-electron chi connectivity index (χ0n) is 10.4. The van der Waals surface area contributed by atoms with Crippen molar-refractivity contribution >= 4 is 16.0 Å². The summed E-state index contributed by atoms with van der Waals surface area (Å²) in [6.45, 7) is 2.06. The van der Waals surface area contributed by atoms with Crippen LogP contribution in [0.3, 0.4) is 0 Å². The zero-order valence-corrected chi connectivity index (χ0v) is 11.3. The van der Waals surface area contributed by atoms with E-state index in [1.807, 2.05) is 0 Å². The van der Waals surface area contributed by atoms with Gasteiger partial charge in [0.25, 0.3) is 0 Å². The van der Waals surface area contributed by atoms with E-state index in [0.717, 1.165) is 19.3 Å². The Kier molecular flexibility index (Phi) is 5.39. The Labute approximate surface area is 103 Å². The van der Waals surface area contributed by atoms with Gasteiger partial charge in [0, 0.05) is 12.5 Å². The summed E-state index contributed by atoms with van der Waals surface area (Å²) in [5.41, 5.74) is 0. The highest BCUT2D eigenvalue weighted by atomic mass is 32.2. The van der Waals surface area contributed by atoms with Crippen LogP contribution in [-0.2, 0) is 19.6 Å². The van der Waals surface area contributed by atoms with E-state index < -0.39 is 10.0 Å². The van der Waals surface area contributed by atoms with Crippen LogP contribution in [0, 0.1) is 5.92 Å². The van der Waals surface area contributed by atoms with Crippen LogP contribution in [0.4, 0.5) is 0 Å². The fourth-order valence-electron chi connectivity index (χ4n) is 2.12. The summed E-state index contributed by atoms with van der Waals surface area (Å²) in [5.74, 6) is 0.0329. The first-order chi connectivity index (χ1) is 7.94. The number of nitrogens with one attached hydrogen (secondary N) is 1. The van der Waals surface area contributed by atoms with Gasteiger partial charge in [0.05, 0.1) is 12.9 Å². The van der Waals surface area contributed by atoms with Crippen LogP contribution in [0.2, 0.25) is 0 Å². The van der Waals surface area contributed by atoms with Crippen molar-refractivity contribution in [1.29, 1.82) is 0 Å². The van der Waals surface area contributed by atoms with Crippen LogP contribution in [0.1, 0.15) is 39.0 Å². The highest BCUT2D eigenvalue weighted by Gasteiger charge is 2.27. The molecule has 2 unspecified atom stereocenters. The fourth-order valence-corrected chi connectivity index (χ4v) is 3.57. The van der Waals surface area contributed by atoms with E-state index in [9.17, 15) is 13.2 Å². The van der Waals surface area contributed by atoms with Gasteiger partial charge in [-0.2, -0.15) is 0 Å². The number of hydrogen-bond donors (Lipinski definition) is 1. The third kappa shape index (κ3) is 5.04. The second-order valence-electron chi connectivity index (χ2n) is 4.63. The zero-order chi connectivity index (χ0) is 12.9. The quantitative estimate of drug-likeness (QED) is 0.727. The highest BCUT2D eigenvalue weighted by Crippen LogP contribution is 2.25. The van der Waals surface area contributed by atoms with Gasteiger partial charge in [-0.25, -0.2) is 13.1 Å². The SMILES string of the molecule is COC(=O)CCCS(=O)(=O)NC1CCCC1C. The lowest BCUT2D eigenvalue weighted by atomic mass is 10.1. The minimum atomic E-state index is -3.26. The van der Waals surface area contributed by atoms with Crippen LogP contribution < -0.4 is 4.72 Å². The van der Waals surface area contributed by atoms with Crippen LogP contribution in [0.15, 0.2) is 0 Å². The first kappa shape index (κ1) is 14.4. The van der Waals surface area contributed by atoms with Gasteiger partial charge in [0.15, 0.2) is 0 Å². The molecule has 1 N–H and O–H groups in total. The molecule has 17 heavy (non-hydrogen) atoms. The predicted octanol–water partition coefficient (Wildman–Crippen LogP) is 1.05. The van der Waals surface area contributed by atoms with Crippen molar-refractivity contribution in [2.45, 2.75) is 45.1 Å². The lowest BCUT2D eigenvalue weighted by Gasteiger charge is -2.17. The van der Waals surface area contributed by atoms with Gasteiger partial charge >= 0.3 is 5.97 Å². The first-order valence-corrected chi connectivity index (χ1v) is 7.66. The number of carbonyl (C=O) groups is 1. The molecule has 0 spiro atoms. The topological polar surface area (TPSA) is 72.5 Å². The molecule has 2 atom stereocenters. The summed E-state index contributed by atoms with van der Waals surface area (Å²) < 4.78 is 30.7. The Hall–Kier alpha value is -0.620. The molecule has 0 aromatic carbocycles. The molecule has 0 aromatic rings. The van der Waals surface area contributed by atoms with Crippen molar-refractivity contribution in [3.63, 3.8) is 0 Å². The maximum absolute atomic E-state index is 11.7. The molecular weight excluding hydrogens is 242 g/mol. The average Bonchev–Trinajstić information content (AvgIpc) is 2.63. The summed E-state index contributed by atoms with van der Waals surface area (Å²) >= 11 is 0. The monoisotopic (exact) mass is 263 g/mol. The Morgan fingerprint density at radius 2 is 2.12 bits per heavy atom. The van der Waals surface area contributed by atoms with E-state index in [1.54, 1.807) is 0 Å². The van der Waals surface area contributed by atoms with Crippen LogP contribution in [0.25, 0.3) is 0 Å². The molecule has 1 fully saturated rings. The molecule has 1 aliphatic rings. The molecule has 0 heterocycles. The number of esters is 1. The smallest absolute Gasteiger partial charge is 0.305 e. The number of methoxy groups -OCH3 is 1. The lowest BCUT2D eigenvalue weighted by molar-refractivity contribution is -0.140. The van der Waals surface area contributed by atoms with Gasteiger partial charge in [-0.15, -0.1) is 0 Å². The second-order valence-corrected chi connectivity index (χ2v) is 6.50. The number of sulfonamides is 1. The Balaban J connectivity index is 2.33. The summed E-state index contributed by atoms with van der Waals surface area (Å²) in [7, 11) is -1.96. The molecule has 6 heteroatoms. The van der Waals surface area contributed by atoms with Gasteiger partial charge in [-0.1, -0.05) is 13.3 Å². The largest absolute Gasteiger partial charge is 0.469 e. The molecular formula is C11H21NO4S. The first-order valence-electron chi connectivity index (χ1n) is 6.01. The van der Waals surface area contributed by atoms with E-state index in [1.165, 1.54) is 7.11 Å². The normalized spacial score (nSPS) is 24.8. The molecule has 1 saturated carbocycles. The average molecular weight is 263 g/mol. The summed E-state index contributed by atoms with van der Waals surface area (Å²) in [6, 6.07) is 0.0677. The van der Waals surface area contributed by atoms with Gasteiger partial charge < -0.3 is 4.74 Å². The van der Waals surface area contributed by atoms with E-state index in [0.29, 0.717) is 12.3 Å². The number of carbonyl (C=O) groups excluding carboxylic acids is 1. The van der Waals surface area contributed by atoms with Crippen LogP contribution in [-0.4, -0.2) is 33.3 Å². The summed E-state index contributed by atoms with van der Waals surface area (Å²) in [5, 5.41) is 0. The molecule has 0 amide bonds. The third-order valence-corrected chi connectivity index (χ3v) is 4.70. The maximum atomic E-state index is 11.7. The molecule has 5 nitrogen and oxygen atoms in total. The third-order valence-electron chi connectivity index (χ3n) is 3.21. The van der Waals surface area contributed by atoms with Crippen molar-refractivity contribution < 1.29 is 17.9 Å². The van der Waals surface area contributed by atoms with E-state index in [-0.39, 0.29) is 24.2 Å². The van der Waals surface area contributed by atoms with E-state index >= 15 is 0 Å². The van der Waals surface area contributed by atoms with Gasteiger partial charge in [0.2, 0.25) is 10.0 Å². The summed E-state index contributed by atoms with van der Waals surface area (Å²) in [6.07, 6.45) is 3.53. The Bertz CT molecular complexity index is 352. The fraction of sp³-hybridized carbons (Fsp3) is 0.909. The Morgan fingerprint density at radius 1 is 1.41 bits per heavy atom. The van der Waals surface area contributed by atoms with E-state index in [2.05, 4.69) is 16.4 Å². The summed E-state index contributed by atoms with van der Waals surface area (Å²) in [4.78, 5) is 10.9. The number of hydrogen-bond acceptors (Lipinski definition) is 4. The maximum Gasteiger partial charge on any atom is 0.305 e. The van der Waals surface area contributed by atoms with Crippen LogP contribution >= 0.6 is 0 Å². The molecule has 0 aliphatic heterocycles. The molecule has 1 aliphatic carbocycles. The molecule has 0 bridgehead atoms. The Morgan fingerprint density at radius 3 is 2.65 bits per heavy atom. The molecule has 0 saturated heterocycles. The minimum Gasteiger partial charge on any atom is -0.469 e. The lowest BCUT2D eigenvalue weighted by Crippen LogP contribution is -2.37. The molecule has 0 aromatic heterocycles. The van der Waals surface area contributed by atoms with Crippen molar-refractivity contribution in [1.82, 2.24) is 4.72 Å². The van der Waals surface area contributed by atoms with Crippen molar-refractivity contribution in [2.24, 2.45) is 5.92 Å². The van der Waals surface area contributed by atoms with Gasteiger partial charge in [0.1, 0.15) is 0 Å². The predicted molar refractivity (Wildman–Crippen MR) is 65.0 cm³/mol. The molecule has 100 valence electrons. The van der Waals surface area contributed by atoms with Crippen molar-refractivity contribution in [3.8, 4) is 0 Å².